The molecule has 1 atom stereocenters. The summed E-state index contributed by atoms with van der Waals surface area (Å²) in [7, 11) is 0. The third-order valence-electron chi connectivity index (χ3n) is 5.68. The molecule has 1 fully saturated rings. The normalized spacial score (nSPS) is 18.1. The van der Waals surface area contributed by atoms with Gasteiger partial charge < -0.3 is 10.2 Å². The van der Waals surface area contributed by atoms with Crippen LogP contribution in [-0.4, -0.2) is 34.6 Å². The number of amides is 4. The Hall–Kier alpha value is -3.19. The first-order chi connectivity index (χ1) is 14.8. The van der Waals surface area contributed by atoms with Gasteiger partial charge in [0.1, 0.15) is 6.04 Å². The van der Waals surface area contributed by atoms with Gasteiger partial charge in [-0.15, -0.1) is 0 Å². The Bertz CT molecular complexity index is 1100. The lowest BCUT2D eigenvalue weighted by Gasteiger charge is -2.29. The van der Waals surface area contributed by atoms with Crippen LogP contribution >= 0.6 is 11.6 Å². The van der Waals surface area contributed by atoms with Crippen molar-refractivity contribution < 1.29 is 19.2 Å². The predicted molar refractivity (Wildman–Crippen MR) is 116 cm³/mol. The standard InChI is InChI=1S/C23H22ClN3O4/c1-13-10-16(5-6-18(13)24)25-20(28)8-3-14-2-4-15-12-27(23(31)17(15)11-14)19-7-9-21(29)26-22(19)30/h2,4-6,10-11,19H,3,7-9,12H2,1H3,(H,25,28)(H,26,29,30). The molecule has 2 aliphatic heterocycles. The maximum atomic E-state index is 12.9. The van der Waals surface area contributed by atoms with Crippen molar-refractivity contribution in [2.75, 3.05) is 5.32 Å². The summed E-state index contributed by atoms with van der Waals surface area (Å²) in [6.07, 6.45) is 1.31. The number of nitrogens with zero attached hydrogens (tertiary/aromatic N) is 1. The Balaban J connectivity index is 1.38. The monoisotopic (exact) mass is 439 g/mol. The predicted octanol–water partition coefficient (Wildman–Crippen LogP) is 2.98. The SMILES string of the molecule is Cc1cc(NC(=O)CCc2ccc3c(c2)C(=O)N(C2CCC(=O)NC2=O)C3)ccc1Cl. The summed E-state index contributed by atoms with van der Waals surface area (Å²) in [5.41, 5.74) is 3.85. The molecule has 31 heavy (non-hydrogen) atoms. The van der Waals surface area contributed by atoms with E-state index in [0.717, 1.165) is 16.7 Å². The van der Waals surface area contributed by atoms with Gasteiger partial charge >= 0.3 is 0 Å². The van der Waals surface area contributed by atoms with Crippen molar-refractivity contribution in [1.82, 2.24) is 10.2 Å². The van der Waals surface area contributed by atoms with Gasteiger partial charge in [-0.2, -0.15) is 0 Å². The molecule has 2 N–H and O–H groups in total. The second-order valence-electron chi connectivity index (χ2n) is 7.90. The van der Waals surface area contributed by atoms with Gasteiger partial charge in [-0.3, -0.25) is 24.5 Å². The molecule has 8 heteroatoms. The largest absolute Gasteiger partial charge is 0.326 e. The Morgan fingerprint density at radius 3 is 2.74 bits per heavy atom. The fourth-order valence-electron chi connectivity index (χ4n) is 3.96. The zero-order valence-electron chi connectivity index (χ0n) is 17.0. The summed E-state index contributed by atoms with van der Waals surface area (Å²) < 4.78 is 0. The van der Waals surface area contributed by atoms with E-state index in [2.05, 4.69) is 10.6 Å². The van der Waals surface area contributed by atoms with E-state index in [1.165, 1.54) is 4.90 Å². The summed E-state index contributed by atoms with van der Waals surface area (Å²) in [6, 6.07) is 10.3. The van der Waals surface area contributed by atoms with E-state index in [9.17, 15) is 19.2 Å². The summed E-state index contributed by atoms with van der Waals surface area (Å²) in [5, 5.41) is 5.80. The van der Waals surface area contributed by atoms with Crippen LogP contribution in [0.5, 0.6) is 0 Å². The van der Waals surface area contributed by atoms with E-state index in [0.29, 0.717) is 35.7 Å². The van der Waals surface area contributed by atoms with Gasteiger partial charge in [-0.05, 0) is 60.7 Å². The van der Waals surface area contributed by atoms with E-state index in [1.807, 2.05) is 25.1 Å². The van der Waals surface area contributed by atoms with Crippen LogP contribution < -0.4 is 10.6 Å². The molecule has 0 aromatic heterocycles. The number of nitrogens with one attached hydrogen (secondary N) is 2. The lowest BCUT2D eigenvalue weighted by atomic mass is 10.0. The summed E-state index contributed by atoms with van der Waals surface area (Å²) >= 11 is 6.01. The number of aryl methyl sites for hydroxylation is 2. The van der Waals surface area contributed by atoms with Crippen LogP contribution in [0.1, 0.15) is 46.3 Å². The minimum atomic E-state index is -0.630. The van der Waals surface area contributed by atoms with Crippen molar-refractivity contribution in [1.29, 1.82) is 0 Å². The number of hydrogen-bond acceptors (Lipinski definition) is 4. The van der Waals surface area contributed by atoms with Crippen LogP contribution in [0.15, 0.2) is 36.4 Å². The van der Waals surface area contributed by atoms with Crippen molar-refractivity contribution in [3.63, 3.8) is 0 Å². The molecule has 2 aromatic rings. The van der Waals surface area contributed by atoms with E-state index >= 15 is 0 Å². The van der Waals surface area contributed by atoms with Crippen molar-refractivity contribution in [3.8, 4) is 0 Å². The fraction of sp³-hybridized carbons (Fsp3) is 0.304. The molecule has 2 aromatic carbocycles. The number of rotatable bonds is 5. The van der Waals surface area contributed by atoms with Crippen molar-refractivity contribution in [3.05, 3.63) is 63.7 Å². The van der Waals surface area contributed by atoms with Gasteiger partial charge in [0.15, 0.2) is 0 Å². The van der Waals surface area contributed by atoms with E-state index in [4.69, 9.17) is 11.6 Å². The topological polar surface area (TPSA) is 95.6 Å². The van der Waals surface area contributed by atoms with Gasteiger partial charge in [0, 0.05) is 35.7 Å². The molecule has 0 saturated carbocycles. The van der Waals surface area contributed by atoms with Gasteiger partial charge in [0.2, 0.25) is 17.7 Å². The number of anilines is 1. The summed E-state index contributed by atoms with van der Waals surface area (Å²) in [4.78, 5) is 50.2. The molecule has 4 amide bonds. The third kappa shape index (κ3) is 4.46. The van der Waals surface area contributed by atoms with Crippen LogP contribution in [0, 0.1) is 6.92 Å². The third-order valence-corrected chi connectivity index (χ3v) is 6.10. The lowest BCUT2D eigenvalue weighted by molar-refractivity contribution is -0.137. The fourth-order valence-corrected chi connectivity index (χ4v) is 4.08. The highest BCUT2D eigenvalue weighted by molar-refractivity contribution is 6.31. The van der Waals surface area contributed by atoms with Crippen LogP contribution in [0.25, 0.3) is 0 Å². The van der Waals surface area contributed by atoms with Crippen LogP contribution in [0.2, 0.25) is 5.02 Å². The molecular weight excluding hydrogens is 418 g/mol. The number of imide groups is 1. The van der Waals surface area contributed by atoms with Gasteiger partial charge in [-0.25, -0.2) is 0 Å². The van der Waals surface area contributed by atoms with Crippen LogP contribution in [0.4, 0.5) is 5.69 Å². The smallest absolute Gasteiger partial charge is 0.255 e. The number of hydrogen-bond donors (Lipinski definition) is 2. The second kappa shape index (κ2) is 8.51. The molecule has 0 bridgehead atoms. The maximum Gasteiger partial charge on any atom is 0.255 e. The highest BCUT2D eigenvalue weighted by atomic mass is 35.5. The average molecular weight is 440 g/mol. The second-order valence-corrected chi connectivity index (χ2v) is 8.31. The molecule has 0 radical (unpaired) electrons. The molecule has 4 rings (SSSR count). The Morgan fingerprint density at radius 2 is 2.00 bits per heavy atom. The number of fused-ring (bicyclic) bond motifs is 1. The number of piperidine rings is 1. The Labute approximate surface area is 184 Å². The highest BCUT2D eigenvalue weighted by Gasteiger charge is 2.39. The Kier molecular flexibility index (Phi) is 5.78. The quantitative estimate of drug-likeness (QED) is 0.700. The number of carbonyl (C=O) groups excluding carboxylic acids is 4. The minimum absolute atomic E-state index is 0.126. The molecular formula is C23H22ClN3O4. The minimum Gasteiger partial charge on any atom is -0.326 e. The lowest BCUT2D eigenvalue weighted by Crippen LogP contribution is -2.52. The molecule has 0 spiro atoms. The van der Waals surface area contributed by atoms with E-state index < -0.39 is 11.9 Å². The molecule has 1 unspecified atom stereocenters. The summed E-state index contributed by atoms with van der Waals surface area (Å²) in [5.74, 6) is -1.07. The summed E-state index contributed by atoms with van der Waals surface area (Å²) in [6.45, 7) is 2.22. The molecule has 2 aliphatic rings. The van der Waals surface area contributed by atoms with Gasteiger partial charge in [0.05, 0.1) is 0 Å². The van der Waals surface area contributed by atoms with Gasteiger partial charge in [0.25, 0.3) is 5.91 Å². The Morgan fingerprint density at radius 1 is 1.19 bits per heavy atom. The molecule has 2 heterocycles. The average Bonchev–Trinajstić information content (AvgIpc) is 3.05. The van der Waals surface area contributed by atoms with Crippen LogP contribution in [-0.2, 0) is 27.3 Å². The molecule has 1 saturated heterocycles. The maximum absolute atomic E-state index is 12.9. The molecule has 160 valence electrons. The molecule has 0 aliphatic carbocycles. The van der Waals surface area contributed by atoms with Crippen molar-refractivity contribution in [2.24, 2.45) is 0 Å². The zero-order valence-corrected chi connectivity index (χ0v) is 17.8. The van der Waals surface area contributed by atoms with Gasteiger partial charge in [-0.1, -0.05) is 23.7 Å². The van der Waals surface area contributed by atoms with Crippen LogP contribution in [0.3, 0.4) is 0 Å². The first kappa shape index (κ1) is 21.1. The zero-order chi connectivity index (χ0) is 22.1. The van der Waals surface area contributed by atoms with Crippen molar-refractivity contribution >= 4 is 40.9 Å². The molecule has 7 nitrogen and oxygen atoms in total. The first-order valence-electron chi connectivity index (χ1n) is 10.1. The van der Waals surface area contributed by atoms with E-state index in [-0.39, 0.29) is 30.6 Å². The first-order valence-corrected chi connectivity index (χ1v) is 10.5. The van der Waals surface area contributed by atoms with E-state index in [1.54, 1.807) is 18.2 Å². The van der Waals surface area contributed by atoms with Crippen molar-refractivity contribution in [2.45, 2.75) is 45.2 Å². The highest BCUT2D eigenvalue weighted by Crippen LogP contribution is 2.28. The number of benzene rings is 2. The number of halogens is 1. The number of carbonyl (C=O) groups is 4.